The molecule has 4 rings (SSSR count). The molecule has 2 N–H and O–H groups in total. The van der Waals surface area contributed by atoms with Crippen molar-refractivity contribution in [3.05, 3.63) is 77.9 Å². The van der Waals surface area contributed by atoms with E-state index >= 15 is 0 Å². The van der Waals surface area contributed by atoms with E-state index in [1.165, 1.54) is 5.56 Å². The second-order valence-corrected chi connectivity index (χ2v) is 7.65. The topological polar surface area (TPSA) is 85.3 Å². The molecule has 7 heteroatoms. The number of hydrogen-bond donors (Lipinski definition) is 2. The van der Waals surface area contributed by atoms with Crippen LogP contribution < -0.4 is 15.4 Å². The number of aromatic nitrogens is 2. The number of carbonyl (C=O) groups is 2. The molecule has 7 nitrogen and oxygen atoms in total. The van der Waals surface area contributed by atoms with Gasteiger partial charge < -0.3 is 19.9 Å². The van der Waals surface area contributed by atoms with Crippen molar-refractivity contribution in [2.24, 2.45) is 0 Å². The quantitative estimate of drug-likeness (QED) is 0.522. The van der Waals surface area contributed by atoms with Crippen molar-refractivity contribution in [2.75, 3.05) is 11.9 Å². The van der Waals surface area contributed by atoms with Crippen LogP contribution in [0.4, 0.5) is 5.69 Å². The number of nitrogens with one attached hydrogen (secondary N) is 2. The highest BCUT2D eigenvalue weighted by molar-refractivity contribution is 5.94. The summed E-state index contributed by atoms with van der Waals surface area (Å²) in [5.41, 5.74) is 4.19. The molecule has 0 aliphatic carbocycles. The van der Waals surface area contributed by atoms with Gasteiger partial charge in [0.25, 0.3) is 0 Å². The zero-order valence-electron chi connectivity index (χ0n) is 17.3. The highest BCUT2D eigenvalue weighted by atomic mass is 16.5. The normalized spacial score (nSPS) is 12.7. The molecule has 0 saturated heterocycles. The molecular formula is C24H26N4O3. The standard InChI is InChI=1S/C24H26N4O3/c29-23(26-15-18-3-1-4-19(13-18)16-28-11-10-25-17-28)5-2-12-31-21-7-8-22-20(14-21)6-9-24(30)27-22/h1,3-4,7-8,10-11,13-14,17H,2,5-6,9,12,15-16H2,(H,26,29)(H,27,30). The maximum atomic E-state index is 12.2. The van der Waals surface area contributed by atoms with Gasteiger partial charge in [0.05, 0.1) is 12.9 Å². The van der Waals surface area contributed by atoms with E-state index in [4.69, 9.17) is 4.74 Å². The minimum Gasteiger partial charge on any atom is -0.494 e. The van der Waals surface area contributed by atoms with Crippen molar-refractivity contribution in [2.45, 2.75) is 38.8 Å². The number of amides is 2. The summed E-state index contributed by atoms with van der Waals surface area (Å²) < 4.78 is 7.79. The van der Waals surface area contributed by atoms with Gasteiger partial charge in [0, 0.05) is 44.0 Å². The van der Waals surface area contributed by atoms with Gasteiger partial charge in [0.1, 0.15) is 5.75 Å². The van der Waals surface area contributed by atoms with Crippen molar-refractivity contribution in [1.29, 1.82) is 0 Å². The maximum absolute atomic E-state index is 12.2. The number of aryl methyl sites for hydroxylation is 1. The zero-order valence-corrected chi connectivity index (χ0v) is 17.3. The monoisotopic (exact) mass is 418 g/mol. The van der Waals surface area contributed by atoms with Crippen molar-refractivity contribution in [3.8, 4) is 5.75 Å². The number of nitrogens with zero attached hydrogens (tertiary/aromatic N) is 2. The Morgan fingerprint density at radius 3 is 2.94 bits per heavy atom. The first kappa shape index (κ1) is 20.7. The second-order valence-electron chi connectivity index (χ2n) is 7.65. The third-order valence-corrected chi connectivity index (χ3v) is 5.19. The lowest BCUT2D eigenvalue weighted by molar-refractivity contribution is -0.121. The van der Waals surface area contributed by atoms with Gasteiger partial charge in [-0.05, 0) is 47.7 Å². The molecule has 1 aromatic heterocycles. The molecule has 1 aliphatic heterocycles. The molecule has 0 saturated carbocycles. The van der Waals surface area contributed by atoms with E-state index in [1.54, 1.807) is 12.5 Å². The molecule has 0 spiro atoms. The number of rotatable bonds is 9. The number of imidazole rings is 1. The van der Waals surface area contributed by atoms with Crippen LogP contribution in [-0.4, -0.2) is 28.0 Å². The fourth-order valence-electron chi connectivity index (χ4n) is 3.59. The highest BCUT2D eigenvalue weighted by Crippen LogP contribution is 2.26. The average Bonchev–Trinajstić information content (AvgIpc) is 3.28. The number of ether oxygens (including phenoxy) is 1. The average molecular weight is 418 g/mol. The summed E-state index contributed by atoms with van der Waals surface area (Å²) >= 11 is 0. The van der Waals surface area contributed by atoms with Crippen LogP contribution in [0.3, 0.4) is 0 Å². The molecule has 2 aromatic carbocycles. The van der Waals surface area contributed by atoms with Crippen LogP contribution in [-0.2, 0) is 29.1 Å². The van der Waals surface area contributed by atoms with Crippen LogP contribution in [0.1, 0.15) is 36.0 Å². The number of anilines is 1. The third-order valence-electron chi connectivity index (χ3n) is 5.19. The molecule has 2 amide bonds. The fraction of sp³-hybridized carbons (Fsp3) is 0.292. The molecule has 3 aromatic rings. The number of benzene rings is 2. The van der Waals surface area contributed by atoms with E-state index in [2.05, 4.69) is 27.8 Å². The van der Waals surface area contributed by atoms with Gasteiger partial charge in [0.15, 0.2) is 0 Å². The molecule has 0 bridgehead atoms. The van der Waals surface area contributed by atoms with Crippen molar-refractivity contribution in [1.82, 2.24) is 14.9 Å². The van der Waals surface area contributed by atoms with Gasteiger partial charge in [0.2, 0.25) is 11.8 Å². The molecule has 2 heterocycles. The van der Waals surface area contributed by atoms with E-state index < -0.39 is 0 Å². The minimum absolute atomic E-state index is 0.0109. The Bertz CT molecular complexity index is 1050. The minimum atomic E-state index is 0.0109. The molecule has 160 valence electrons. The van der Waals surface area contributed by atoms with Gasteiger partial charge in [-0.2, -0.15) is 0 Å². The number of hydrogen-bond acceptors (Lipinski definition) is 4. The lowest BCUT2D eigenvalue weighted by Gasteiger charge is -2.17. The molecule has 0 radical (unpaired) electrons. The van der Waals surface area contributed by atoms with E-state index in [-0.39, 0.29) is 11.8 Å². The summed E-state index contributed by atoms with van der Waals surface area (Å²) in [7, 11) is 0. The van der Waals surface area contributed by atoms with Gasteiger partial charge in [-0.3, -0.25) is 9.59 Å². The van der Waals surface area contributed by atoms with E-state index in [9.17, 15) is 9.59 Å². The predicted molar refractivity (Wildman–Crippen MR) is 118 cm³/mol. The lowest BCUT2D eigenvalue weighted by Crippen LogP contribution is -2.23. The zero-order chi connectivity index (χ0) is 21.5. The molecular weight excluding hydrogens is 392 g/mol. The summed E-state index contributed by atoms with van der Waals surface area (Å²) in [5, 5.41) is 5.83. The summed E-state index contributed by atoms with van der Waals surface area (Å²) in [5.74, 6) is 0.832. The van der Waals surface area contributed by atoms with E-state index in [0.29, 0.717) is 32.4 Å². The van der Waals surface area contributed by atoms with Crippen molar-refractivity contribution >= 4 is 17.5 Å². The SMILES string of the molecule is O=C(CCCOc1ccc2c(c1)CCC(=O)N2)NCc1cccc(Cn2ccnc2)c1. The Morgan fingerprint density at radius 1 is 1.16 bits per heavy atom. The Balaban J connectivity index is 1.17. The van der Waals surface area contributed by atoms with Gasteiger partial charge in [-0.1, -0.05) is 24.3 Å². The summed E-state index contributed by atoms with van der Waals surface area (Å²) in [6, 6.07) is 13.9. The van der Waals surface area contributed by atoms with Crippen LogP contribution >= 0.6 is 0 Å². The Kier molecular flexibility index (Phi) is 6.62. The van der Waals surface area contributed by atoms with Crippen molar-refractivity contribution in [3.63, 3.8) is 0 Å². The molecule has 0 fully saturated rings. The third kappa shape index (κ3) is 5.94. The smallest absolute Gasteiger partial charge is 0.224 e. The Labute approximate surface area is 181 Å². The Morgan fingerprint density at radius 2 is 2.06 bits per heavy atom. The lowest BCUT2D eigenvalue weighted by atomic mass is 10.0. The van der Waals surface area contributed by atoms with Crippen LogP contribution in [0.2, 0.25) is 0 Å². The van der Waals surface area contributed by atoms with Gasteiger partial charge in [-0.15, -0.1) is 0 Å². The van der Waals surface area contributed by atoms with E-state index in [0.717, 1.165) is 35.5 Å². The first-order chi connectivity index (χ1) is 15.2. The summed E-state index contributed by atoms with van der Waals surface area (Å²) in [6.45, 7) is 1.74. The number of carbonyl (C=O) groups excluding carboxylic acids is 2. The first-order valence-corrected chi connectivity index (χ1v) is 10.5. The summed E-state index contributed by atoms with van der Waals surface area (Å²) in [4.78, 5) is 27.7. The maximum Gasteiger partial charge on any atom is 0.224 e. The first-order valence-electron chi connectivity index (χ1n) is 10.5. The van der Waals surface area contributed by atoms with Crippen LogP contribution in [0, 0.1) is 0 Å². The summed E-state index contributed by atoms with van der Waals surface area (Å²) in [6.07, 6.45) is 7.76. The molecule has 31 heavy (non-hydrogen) atoms. The van der Waals surface area contributed by atoms with Gasteiger partial charge >= 0.3 is 0 Å². The fourth-order valence-corrected chi connectivity index (χ4v) is 3.59. The highest BCUT2D eigenvalue weighted by Gasteiger charge is 2.15. The number of fused-ring (bicyclic) bond motifs is 1. The molecule has 0 unspecified atom stereocenters. The van der Waals surface area contributed by atoms with Crippen LogP contribution in [0.5, 0.6) is 5.75 Å². The van der Waals surface area contributed by atoms with Gasteiger partial charge in [-0.25, -0.2) is 4.98 Å². The van der Waals surface area contributed by atoms with Crippen LogP contribution in [0.15, 0.2) is 61.2 Å². The second kappa shape index (κ2) is 9.93. The Hall–Kier alpha value is -3.61. The predicted octanol–water partition coefficient (Wildman–Crippen LogP) is 3.29. The van der Waals surface area contributed by atoms with E-state index in [1.807, 2.05) is 41.1 Å². The van der Waals surface area contributed by atoms with Crippen molar-refractivity contribution < 1.29 is 14.3 Å². The van der Waals surface area contributed by atoms with Crippen LogP contribution in [0.25, 0.3) is 0 Å². The largest absolute Gasteiger partial charge is 0.494 e. The molecule has 0 atom stereocenters. The molecule has 1 aliphatic rings.